The largest absolute Gasteiger partial charge is 0.361 e. The van der Waals surface area contributed by atoms with Crippen LogP contribution in [0.15, 0.2) is 27.5 Å². The number of nitrogens with zero attached hydrogens (tertiary/aromatic N) is 3. The van der Waals surface area contributed by atoms with Crippen molar-refractivity contribution in [3.63, 3.8) is 0 Å². The monoisotopic (exact) mass is 595 g/mol. The van der Waals surface area contributed by atoms with Crippen molar-refractivity contribution in [1.82, 2.24) is 35.6 Å². The number of aryl methyl sites for hydroxylation is 3. The number of nitrogens with one attached hydrogen (secondary N) is 4. The summed E-state index contributed by atoms with van der Waals surface area (Å²) in [4.78, 5) is 69.5. The second-order valence-electron chi connectivity index (χ2n) is 11.1. The highest BCUT2D eigenvalue weighted by molar-refractivity contribution is 5.97. The van der Waals surface area contributed by atoms with Gasteiger partial charge in [-0.25, -0.2) is 4.79 Å². The maximum Gasteiger partial charge on any atom is 0.326 e. The van der Waals surface area contributed by atoms with Crippen LogP contribution in [-0.2, 0) is 16.1 Å². The summed E-state index contributed by atoms with van der Waals surface area (Å²) in [5.74, 6) is -0.788. The molecule has 3 heterocycles. The molecule has 232 valence electrons. The minimum absolute atomic E-state index is 0.0946. The van der Waals surface area contributed by atoms with Crippen LogP contribution in [0.25, 0.3) is 11.0 Å². The number of carbonyl (C=O) groups excluding carboxylic acids is 4. The average molecular weight is 596 g/mol. The lowest BCUT2D eigenvalue weighted by atomic mass is 9.98. The summed E-state index contributed by atoms with van der Waals surface area (Å²) >= 11 is 0. The van der Waals surface area contributed by atoms with E-state index < -0.39 is 6.04 Å². The van der Waals surface area contributed by atoms with Gasteiger partial charge in [-0.1, -0.05) is 25.4 Å². The molecule has 1 aliphatic heterocycles. The normalized spacial score (nSPS) is 18.9. The fourth-order valence-corrected chi connectivity index (χ4v) is 5.29. The quantitative estimate of drug-likeness (QED) is 0.359. The second-order valence-corrected chi connectivity index (χ2v) is 11.1. The topological polar surface area (TPSA) is 171 Å². The van der Waals surface area contributed by atoms with Crippen molar-refractivity contribution in [1.29, 1.82) is 0 Å². The van der Waals surface area contributed by atoms with Crippen molar-refractivity contribution in [2.75, 3.05) is 26.2 Å². The van der Waals surface area contributed by atoms with E-state index in [0.717, 1.165) is 0 Å². The van der Waals surface area contributed by atoms with Gasteiger partial charge >= 0.3 is 5.69 Å². The number of rotatable bonds is 3. The molecule has 4 amide bonds. The van der Waals surface area contributed by atoms with E-state index in [1.165, 1.54) is 0 Å². The molecule has 2 aromatic heterocycles. The Balaban J connectivity index is 1.57. The van der Waals surface area contributed by atoms with Crippen molar-refractivity contribution in [2.24, 2.45) is 5.92 Å². The molecule has 4 N–H and O–H groups in total. The minimum atomic E-state index is -0.706. The van der Waals surface area contributed by atoms with E-state index in [0.29, 0.717) is 92.0 Å². The van der Waals surface area contributed by atoms with Gasteiger partial charge in [0, 0.05) is 44.7 Å². The summed E-state index contributed by atoms with van der Waals surface area (Å²) in [6.45, 7) is 8.83. The predicted octanol–water partition coefficient (Wildman–Crippen LogP) is 2.03. The number of fused-ring (bicyclic) bond motifs is 1. The molecule has 0 unspecified atom stereocenters. The standard InChI is InChI=1S/C30H41N7O6/c1-5-18(2)26-28(40)32-13-8-16-37-23-17-21(10-11-22(23)33-30(37)42)27(39)31-12-7-15-36(14-6-9-24(38)34-26)29(41)25-19(3)35-43-20(25)4/h10-11,17-18,26H,5-9,12-16H2,1-4H3,(H,31,39)(H,32,40)(H,33,42)(H,34,38)/t18-,26-/m0/s1. The number of hydrogen-bond acceptors (Lipinski definition) is 7. The second kappa shape index (κ2) is 14.2. The number of benzene rings is 1. The third kappa shape index (κ3) is 7.51. The Labute approximate surface area is 249 Å². The van der Waals surface area contributed by atoms with E-state index in [4.69, 9.17) is 4.52 Å². The van der Waals surface area contributed by atoms with E-state index >= 15 is 0 Å². The highest BCUT2D eigenvalue weighted by atomic mass is 16.5. The van der Waals surface area contributed by atoms with Gasteiger partial charge in [0.15, 0.2) is 0 Å². The van der Waals surface area contributed by atoms with E-state index in [1.807, 2.05) is 13.8 Å². The maximum atomic E-state index is 13.5. The fourth-order valence-electron chi connectivity index (χ4n) is 5.29. The van der Waals surface area contributed by atoms with Gasteiger partial charge in [-0.2, -0.15) is 0 Å². The lowest BCUT2D eigenvalue weighted by Crippen LogP contribution is -2.50. The number of aromatic nitrogens is 3. The third-order valence-electron chi connectivity index (χ3n) is 7.96. The van der Waals surface area contributed by atoms with Crippen molar-refractivity contribution < 1.29 is 23.7 Å². The van der Waals surface area contributed by atoms with Crippen molar-refractivity contribution >= 4 is 34.7 Å². The average Bonchev–Trinajstić information content (AvgIpc) is 3.49. The molecular weight excluding hydrogens is 554 g/mol. The Hall–Kier alpha value is -4.42. The first-order valence-electron chi connectivity index (χ1n) is 14.9. The van der Waals surface area contributed by atoms with Crippen molar-refractivity contribution in [2.45, 2.75) is 72.4 Å². The molecule has 2 bridgehead atoms. The molecule has 4 rings (SSSR count). The molecule has 0 saturated heterocycles. The Bertz CT molecular complexity index is 1520. The van der Waals surface area contributed by atoms with E-state index in [9.17, 15) is 24.0 Å². The zero-order valence-electron chi connectivity index (χ0n) is 25.2. The Morgan fingerprint density at radius 1 is 1.05 bits per heavy atom. The first-order chi connectivity index (χ1) is 20.6. The molecule has 13 heteroatoms. The van der Waals surface area contributed by atoms with Gasteiger partial charge < -0.3 is 30.4 Å². The predicted molar refractivity (Wildman–Crippen MR) is 160 cm³/mol. The van der Waals surface area contributed by atoms with Gasteiger partial charge in [0.1, 0.15) is 17.4 Å². The summed E-state index contributed by atoms with van der Waals surface area (Å²) in [7, 11) is 0. The molecule has 0 aliphatic carbocycles. The molecular formula is C30H41N7O6. The van der Waals surface area contributed by atoms with Gasteiger partial charge in [-0.05, 0) is 57.2 Å². The molecule has 0 fully saturated rings. The van der Waals surface area contributed by atoms with Crippen LogP contribution in [-0.4, -0.2) is 75.5 Å². The molecule has 0 saturated carbocycles. The lowest BCUT2D eigenvalue weighted by molar-refractivity contribution is -0.130. The van der Waals surface area contributed by atoms with Crippen LogP contribution in [0.2, 0.25) is 0 Å². The highest BCUT2D eigenvalue weighted by Crippen LogP contribution is 2.17. The van der Waals surface area contributed by atoms with Gasteiger partial charge in [0.2, 0.25) is 11.8 Å². The highest BCUT2D eigenvalue weighted by Gasteiger charge is 2.27. The Morgan fingerprint density at radius 2 is 1.77 bits per heavy atom. The minimum Gasteiger partial charge on any atom is -0.361 e. The number of H-pyrrole nitrogens is 1. The van der Waals surface area contributed by atoms with Crippen LogP contribution >= 0.6 is 0 Å². The SMILES string of the molecule is CC[C@H](C)[C@@H]1NC(=O)CCCN(C(=O)c2c(C)noc2C)CCCNC(=O)c2ccc3[nH]c(=O)n(c3c2)CCCNC1=O. The summed E-state index contributed by atoms with van der Waals surface area (Å²) in [5.41, 5.74) is 2.18. The van der Waals surface area contributed by atoms with E-state index in [1.54, 1.807) is 41.5 Å². The molecule has 1 aromatic carbocycles. The van der Waals surface area contributed by atoms with Crippen LogP contribution in [0, 0.1) is 19.8 Å². The first-order valence-corrected chi connectivity index (χ1v) is 14.9. The summed E-state index contributed by atoms with van der Waals surface area (Å²) in [6, 6.07) is 4.32. The number of aromatic amines is 1. The molecule has 1 aliphatic rings. The molecule has 3 aromatic rings. The summed E-state index contributed by atoms with van der Waals surface area (Å²) in [6.07, 6.45) is 2.16. The Morgan fingerprint density at radius 3 is 2.49 bits per heavy atom. The number of hydrogen-bond donors (Lipinski definition) is 4. The summed E-state index contributed by atoms with van der Waals surface area (Å²) in [5, 5.41) is 12.6. The van der Waals surface area contributed by atoms with Gasteiger partial charge in [-0.15, -0.1) is 0 Å². The molecule has 43 heavy (non-hydrogen) atoms. The van der Waals surface area contributed by atoms with Gasteiger partial charge in [0.25, 0.3) is 11.8 Å². The van der Waals surface area contributed by atoms with Crippen LogP contribution in [0.3, 0.4) is 0 Å². The van der Waals surface area contributed by atoms with Crippen molar-refractivity contribution in [3.05, 3.63) is 51.3 Å². The molecule has 13 nitrogen and oxygen atoms in total. The zero-order chi connectivity index (χ0) is 31.1. The fraction of sp³-hybridized carbons (Fsp3) is 0.533. The smallest absolute Gasteiger partial charge is 0.326 e. The number of amides is 4. The van der Waals surface area contributed by atoms with Gasteiger partial charge in [-0.3, -0.25) is 23.7 Å². The van der Waals surface area contributed by atoms with Crippen LogP contribution < -0.4 is 21.6 Å². The zero-order valence-corrected chi connectivity index (χ0v) is 25.2. The molecule has 0 radical (unpaired) electrons. The van der Waals surface area contributed by atoms with Crippen LogP contribution in [0.4, 0.5) is 0 Å². The molecule has 0 spiro atoms. The lowest BCUT2D eigenvalue weighted by Gasteiger charge is -2.25. The van der Waals surface area contributed by atoms with Crippen LogP contribution in [0.5, 0.6) is 0 Å². The summed E-state index contributed by atoms with van der Waals surface area (Å²) < 4.78 is 6.75. The maximum absolute atomic E-state index is 13.5. The van der Waals surface area contributed by atoms with Gasteiger partial charge in [0.05, 0.1) is 16.7 Å². The van der Waals surface area contributed by atoms with E-state index in [2.05, 4.69) is 26.1 Å². The molecule has 2 atom stereocenters. The number of carbonyl (C=O) groups is 4. The van der Waals surface area contributed by atoms with E-state index in [-0.39, 0.29) is 41.7 Å². The van der Waals surface area contributed by atoms with Crippen molar-refractivity contribution in [3.8, 4) is 0 Å². The number of imidazole rings is 1. The third-order valence-corrected chi connectivity index (χ3v) is 7.96. The first kappa shape index (κ1) is 31.5. The van der Waals surface area contributed by atoms with Crippen LogP contribution in [0.1, 0.15) is 78.1 Å². The Kier molecular flexibility index (Phi) is 10.4.